The van der Waals surface area contributed by atoms with Crippen LogP contribution < -0.4 is 4.74 Å². The fraction of sp³-hybridized carbons (Fsp3) is 0.125. The highest BCUT2D eigenvalue weighted by Crippen LogP contribution is 2.36. The van der Waals surface area contributed by atoms with Gasteiger partial charge in [0.2, 0.25) is 0 Å². The summed E-state index contributed by atoms with van der Waals surface area (Å²) >= 11 is 0. The van der Waals surface area contributed by atoms with E-state index >= 15 is 0 Å². The van der Waals surface area contributed by atoms with Crippen LogP contribution in [0.4, 0.5) is 0 Å². The molecule has 0 amide bonds. The summed E-state index contributed by atoms with van der Waals surface area (Å²) in [5, 5.41) is 1.07. The Kier molecular flexibility index (Phi) is 3.22. The van der Waals surface area contributed by atoms with E-state index in [1.807, 2.05) is 42.5 Å². The highest BCUT2D eigenvalue weighted by Gasteiger charge is 2.21. The van der Waals surface area contributed by atoms with Crippen molar-refractivity contribution < 1.29 is 13.2 Å². The Morgan fingerprint density at radius 1 is 1.05 bits per heavy atom. The lowest BCUT2D eigenvalue weighted by Gasteiger charge is -2.04. The third kappa shape index (κ3) is 2.40. The van der Waals surface area contributed by atoms with Gasteiger partial charge < -0.3 is 9.72 Å². The van der Waals surface area contributed by atoms with Gasteiger partial charge in [-0.2, -0.15) is 0 Å². The number of aromatic amines is 1. The van der Waals surface area contributed by atoms with E-state index in [2.05, 4.69) is 4.98 Å². The van der Waals surface area contributed by atoms with E-state index in [0.717, 1.165) is 16.5 Å². The fourth-order valence-corrected chi connectivity index (χ4v) is 3.34. The maximum absolute atomic E-state index is 12.1. The van der Waals surface area contributed by atoms with Crippen molar-refractivity contribution in [2.24, 2.45) is 0 Å². The number of sulfone groups is 1. The van der Waals surface area contributed by atoms with Gasteiger partial charge in [0.25, 0.3) is 0 Å². The lowest BCUT2D eigenvalue weighted by molar-refractivity contribution is 0.415. The molecule has 0 saturated heterocycles. The standard InChI is InChI=1S/C16H15NO3S/c1-20-12-8-9-14-13(10-12)15(11-6-4-3-5-7-11)16(17-14)21(2,18)19/h3-10,17H,1-2H3. The molecular formula is C16H15NO3S. The van der Waals surface area contributed by atoms with Gasteiger partial charge in [-0.25, -0.2) is 8.42 Å². The minimum atomic E-state index is -3.36. The second-order valence-electron chi connectivity index (χ2n) is 4.88. The molecule has 0 aliphatic carbocycles. The lowest BCUT2D eigenvalue weighted by Crippen LogP contribution is -1.99. The van der Waals surface area contributed by atoms with Gasteiger partial charge in [0.15, 0.2) is 9.84 Å². The summed E-state index contributed by atoms with van der Waals surface area (Å²) in [6.07, 6.45) is 1.21. The maximum Gasteiger partial charge on any atom is 0.191 e. The van der Waals surface area contributed by atoms with Crippen LogP contribution in [0.3, 0.4) is 0 Å². The molecule has 0 aliphatic heterocycles. The molecule has 0 radical (unpaired) electrons. The average Bonchev–Trinajstić information content (AvgIpc) is 2.86. The average molecular weight is 301 g/mol. The molecule has 1 aromatic heterocycles. The summed E-state index contributed by atoms with van der Waals surface area (Å²) in [6, 6.07) is 15.0. The highest BCUT2D eigenvalue weighted by atomic mass is 32.2. The molecule has 21 heavy (non-hydrogen) atoms. The number of aromatic nitrogens is 1. The van der Waals surface area contributed by atoms with Crippen molar-refractivity contribution in [1.82, 2.24) is 4.98 Å². The summed E-state index contributed by atoms with van der Waals surface area (Å²) in [7, 11) is -1.77. The van der Waals surface area contributed by atoms with Crippen molar-refractivity contribution >= 4 is 20.7 Å². The Hall–Kier alpha value is -2.27. The van der Waals surface area contributed by atoms with E-state index in [4.69, 9.17) is 4.74 Å². The summed E-state index contributed by atoms with van der Waals surface area (Å²) in [5.41, 5.74) is 2.32. The number of rotatable bonds is 3. The number of fused-ring (bicyclic) bond motifs is 1. The van der Waals surface area contributed by atoms with E-state index in [1.165, 1.54) is 6.26 Å². The number of nitrogens with one attached hydrogen (secondary N) is 1. The fourth-order valence-electron chi connectivity index (χ4n) is 2.44. The Morgan fingerprint density at radius 3 is 2.38 bits per heavy atom. The Balaban J connectivity index is 2.42. The number of hydrogen-bond donors (Lipinski definition) is 1. The Labute approximate surface area is 123 Å². The molecular weight excluding hydrogens is 286 g/mol. The molecule has 4 nitrogen and oxygen atoms in total. The molecule has 0 saturated carbocycles. The Bertz CT molecular complexity index is 896. The zero-order valence-electron chi connectivity index (χ0n) is 11.8. The molecule has 3 rings (SSSR count). The zero-order chi connectivity index (χ0) is 15.0. The summed E-state index contributed by atoms with van der Waals surface area (Å²) < 4.78 is 29.4. The van der Waals surface area contributed by atoms with Crippen LogP contribution in [0.2, 0.25) is 0 Å². The zero-order valence-corrected chi connectivity index (χ0v) is 12.6. The van der Waals surface area contributed by atoms with E-state index < -0.39 is 9.84 Å². The maximum atomic E-state index is 12.1. The molecule has 3 aromatic rings. The number of hydrogen-bond acceptors (Lipinski definition) is 3. The summed E-state index contributed by atoms with van der Waals surface area (Å²) in [5.74, 6) is 0.693. The third-order valence-electron chi connectivity index (χ3n) is 3.40. The van der Waals surface area contributed by atoms with Crippen LogP contribution in [-0.4, -0.2) is 26.8 Å². The molecule has 0 spiro atoms. The molecule has 0 unspecified atom stereocenters. The number of ether oxygens (including phenoxy) is 1. The van der Waals surface area contributed by atoms with Crippen molar-refractivity contribution in [2.45, 2.75) is 5.03 Å². The monoisotopic (exact) mass is 301 g/mol. The molecule has 2 aromatic carbocycles. The van der Waals surface area contributed by atoms with Crippen LogP contribution in [-0.2, 0) is 9.84 Å². The van der Waals surface area contributed by atoms with Gasteiger partial charge in [0, 0.05) is 22.7 Å². The van der Waals surface area contributed by atoms with Crippen molar-refractivity contribution in [3.05, 3.63) is 48.5 Å². The van der Waals surface area contributed by atoms with Crippen LogP contribution in [0.25, 0.3) is 22.0 Å². The van der Waals surface area contributed by atoms with Crippen molar-refractivity contribution in [3.63, 3.8) is 0 Å². The van der Waals surface area contributed by atoms with Gasteiger partial charge in [0.05, 0.1) is 7.11 Å². The number of H-pyrrole nitrogens is 1. The van der Waals surface area contributed by atoms with Gasteiger partial charge in [0.1, 0.15) is 10.8 Å². The summed E-state index contributed by atoms with van der Waals surface area (Å²) in [4.78, 5) is 3.01. The second-order valence-corrected chi connectivity index (χ2v) is 6.83. The quantitative estimate of drug-likeness (QED) is 0.808. The van der Waals surface area contributed by atoms with Gasteiger partial charge >= 0.3 is 0 Å². The highest BCUT2D eigenvalue weighted by molar-refractivity contribution is 7.90. The largest absolute Gasteiger partial charge is 0.497 e. The molecule has 1 heterocycles. The smallest absolute Gasteiger partial charge is 0.191 e. The van der Waals surface area contributed by atoms with Gasteiger partial charge in [-0.3, -0.25) is 0 Å². The number of methoxy groups -OCH3 is 1. The van der Waals surface area contributed by atoms with Crippen LogP contribution >= 0.6 is 0 Å². The summed E-state index contributed by atoms with van der Waals surface area (Å²) in [6.45, 7) is 0. The lowest BCUT2D eigenvalue weighted by atomic mass is 10.0. The van der Waals surface area contributed by atoms with Crippen molar-refractivity contribution in [3.8, 4) is 16.9 Å². The Morgan fingerprint density at radius 2 is 1.76 bits per heavy atom. The molecule has 0 atom stereocenters. The van der Waals surface area contributed by atoms with Crippen LogP contribution in [0.15, 0.2) is 53.6 Å². The molecule has 108 valence electrons. The second kappa shape index (κ2) is 4.93. The van der Waals surface area contributed by atoms with E-state index in [-0.39, 0.29) is 5.03 Å². The number of benzene rings is 2. The molecule has 0 bridgehead atoms. The van der Waals surface area contributed by atoms with Gasteiger partial charge in [-0.1, -0.05) is 30.3 Å². The third-order valence-corrected chi connectivity index (χ3v) is 4.45. The SMILES string of the molecule is COc1ccc2[nH]c(S(C)(=O)=O)c(-c3ccccc3)c2c1. The van der Waals surface area contributed by atoms with Gasteiger partial charge in [-0.15, -0.1) is 0 Å². The first-order chi connectivity index (χ1) is 10.0. The first-order valence-electron chi connectivity index (χ1n) is 6.46. The minimum absolute atomic E-state index is 0.233. The normalized spacial score (nSPS) is 11.7. The topological polar surface area (TPSA) is 59.2 Å². The van der Waals surface area contributed by atoms with Crippen LogP contribution in [0, 0.1) is 0 Å². The minimum Gasteiger partial charge on any atom is -0.497 e. The predicted octanol–water partition coefficient (Wildman–Crippen LogP) is 3.25. The first kappa shape index (κ1) is 13.7. The molecule has 5 heteroatoms. The van der Waals surface area contributed by atoms with E-state index in [0.29, 0.717) is 11.3 Å². The van der Waals surface area contributed by atoms with Crippen molar-refractivity contribution in [1.29, 1.82) is 0 Å². The molecule has 0 aliphatic rings. The predicted molar refractivity (Wildman–Crippen MR) is 83.4 cm³/mol. The van der Waals surface area contributed by atoms with Gasteiger partial charge in [-0.05, 0) is 23.8 Å². The van der Waals surface area contributed by atoms with Crippen LogP contribution in [0.5, 0.6) is 5.75 Å². The first-order valence-corrected chi connectivity index (χ1v) is 8.35. The van der Waals surface area contributed by atoms with Crippen molar-refractivity contribution in [2.75, 3.05) is 13.4 Å². The van der Waals surface area contributed by atoms with E-state index in [1.54, 1.807) is 13.2 Å². The molecule has 1 N–H and O–H groups in total. The molecule has 0 fully saturated rings. The van der Waals surface area contributed by atoms with Crippen LogP contribution in [0.1, 0.15) is 0 Å². The van der Waals surface area contributed by atoms with E-state index in [9.17, 15) is 8.42 Å².